The quantitative estimate of drug-likeness (QED) is 0.464. The number of ether oxygens (including phenoxy) is 2. The molecule has 1 aromatic heterocycles. The van der Waals surface area contributed by atoms with Crippen molar-refractivity contribution in [3.05, 3.63) is 50.3 Å². The number of rotatable bonds is 6. The van der Waals surface area contributed by atoms with Crippen molar-refractivity contribution in [2.75, 3.05) is 12.4 Å². The molecule has 0 spiro atoms. The summed E-state index contributed by atoms with van der Waals surface area (Å²) in [5.74, 6) is -1.02. The van der Waals surface area contributed by atoms with Gasteiger partial charge in [0, 0.05) is 11.1 Å². The number of thiophene rings is 1. The molecule has 2 rings (SSSR count). The van der Waals surface area contributed by atoms with Crippen LogP contribution in [0.1, 0.15) is 16.6 Å². The number of methoxy groups -OCH3 is 1. The molecule has 0 aliphatic carbocycles. The van der Waals surface area contributed by atoms with Gasteiger partial charge in [-0.3, -0.25) is 14.9 Å². The van der Waals surface area contributed by atoms with E-state index in [4.69, 9.17) is 21.1 Å². The number of carbonyl (C=O) groups is 2. The van der Waals surface area contributed by atoms with Gasteiger partial charge in [0.1, 0.15) is 10.6 Å². The maximum Gasteiger partial charge on any atom is 0.349 e. The Bertz CT molecular complexity index is 822. The minimum absolute atomic E-state index is 0.0340. The van der Waals surface area contributed by atoms with E-state index in [0.29, 0.717) is 27.8 Å². The lowest BCUT2D eigenvalue weighted by Crippen LogP contribution is -2.29. The van der Waals surface area contributed by atoms with Gasteiger partial charge in [-0.15, -0.1) is 0 Å². The van der Waals surface area contributed by atoms with Gasteiger partial charge in [-0.05, 0) is 31.2 Å². The lowest BCUT2D eigenvalue weighted by Gasteiger charge is -2.15. The van der Waals surface area contributed by atoms with Crippen LogP contribution in [0.3, 0.4) is 0 Å². The Morgan fingerprint density at radius 1 is 1.32 bits per heavy atom. The van der Waals surface area contributed by atoms with Crippen LogP contribution in [0.25, 0.3) is 0 Å². The second kappa shape index (κ2) is 7.95. The average Bonchev–Trinajstić information content (AvgIpc) is 3.05. The van der Waals surface area contributed by atoms with E-state index >= 15 is 0 Å². The monoisotopic (exact) mass is 384 g/mol. The molecule has 0 radical (unpaired) electrons. The van der Waals surface area contributed by atoms with Crippen molar-refractivity contribution in [3.63, 3.8) is 0 Å². The van der Waals surface area contributed by atoms with Gasteiger partial charge in [0.15, 0.2) is 6.10 Å². The second-order valence-corrected chi connectivity index (χ2v) is 6.28. The number of hydrogen-bond donors (Lipinski definition) is 1. The first-order chi connectivity index (χ1) is 11.8. The molecule has 10 heteroatoms. The molecule has 1 amide bonds. The summed E-state index contributed by atoms with van der Waals surface area (Å²) in [4.78, 5) is 34.2. The molecule has 25 heavy (non-hydrogen) atoms. The highest BCUT2D eigenvalue weighted by Crippen LogP contribution is 2.28. The Kier molecular flexibility index (Phi) is 5.94. The summed E-state index contributed by atoms with van der Waals surface area (Å²) in [6, 6.07) is 7.15. The van der Waals surface area contributed by atoms with Crippen LogP contribution in [0.5, 0.6) is 5.75 Å². The third kappa shape index (κ3) is 4.68. The maximum absolute atomic E-state index is 12.2. The zero-order chi connectivity index (χ0) is 18.6. The molecule has 132 valence electrons. The summed E-state index contributed by atoms with van der Waals surface area (Å²) in [6.45, 7) is 1.38. The Balaban J connectivity index is 2.03. The van der Waals surface area contributed by atoms with Crippen molar-refractivity contribution in [1.29, 1.82) is 0 Å². The number of anilines is 1. The van der Waals surface area contributed by atoms with Crippen LogP contribution in [0.15, 0.2) is 30.3 Å². The molecule has 0 unspecified atom stereocenters. The van der Waals surface area contributed by atoms with E-state index < -0.39 is 22.9 Å². The van der Waals surface area contributed by atoms with Crippen LogP contribution in [-0.2, 0) is 9.53 Å². The number of halogens is 1. The number of nitrogens with one attached hydrogen (secondary N) is 1. The standard InChI is InChI=1S/C15H13ClN2O6S/c1-8(24-15(20)12-5-6-13(25-12)18(21)22)14(19)17-10-7-9(16)3-4-11(10)23-2/h3-8H,1-2H3,(H,17,19)/t8-/m1/s1. The molecule has 2 aromatic rings. The molecule has 0 bridgehead atoms. The first kappa shape index (κ1) is 18.7. The predicted octanol–water partition coefficient (Wildman–Crippen LogP) is 3.50. The van der Waals surface area contributed by atoms with Gasteiger partial charge < -0.3 is 14.8 Å². The lowest BCUT2D eigenvalue weighted by atomic mass is 10.2. The van der Waals surface area contributed by atoms with Crippen LogP contribution < -0.4 is 10.1 Å². The van der Waals surface area contributed by atoms with Crippen LogP contribution in [0.2, 0.25) is 5.02 Å². The fourth-order valence-electron chi connectivity index (χ4n) is 1.82. The van der Waals surface area contributed by atoms with E-state index in [1.165, 1.54) is 32.2 Å². The molecular formula is C15H13ClN2O6S. The highest BCUT2D eigenvalue weighted by molar-refractivity contribution is 7.17. The number of esters is 1. The third-order valence-corrected chi connectivity index (χ3v) is 4.30. The zero-order valence-corrected chi connectivity index (χ0v) is 14.7. The summed E-state index contributed by atoms with van der Waals surface area (Å²) in [5.41, 5.74) is 0.328. The molecule has 1 heterocycles. The van der Waals surface area contributed by atoms with E-state index in [9.17, 15) is 19.7 Å². The second-order valence-electron chi connectivity index (χ2n) is 4.78. The van der Waals surface area contributed by atoms with Gasteiger partial charge in [-0.25, -0.2) is 4.79 Å². The molecule has 0 saturated carbocycles. The first-order valence-corrected chi connectivity index (χ1v) is 8.11. The van der Waals surface area contributed by atoms with E-state index in [0.717, 1.165) is 0 Å². The highest BCUT2D eigenvalue weighted by Gasteiger charge is 2.23. The molecule has 1 N–H and O–H groups in total. The van der Waals surface area contributed by atoms with Crippen molar-refractivity contribution >= 4 is 45.5 Å². The van der Waals surface area contributed by atoms with Crippen LogP contribution in [0, 0.1) is 10.1 Å². The Morgan fingerprint density at radius 3 is 2.64 bits per heavy atom. The average molecular weight is 385 g/mol. The first-order valence-electron chi connectivity index (χ1n) is 6.91. The molecule has 8 nitrogen and oxygen atoms in total. The number of amides is 1. The summed E-state index contributed by atoms with van der Waals surface area (Å²) < 4.78 is 10.1. The van der Waals surface area contributed by atoms with E-state index in [-0.39, 0.29) is 9.88 Å². The highest BCUT2D eigenvalue weighted by atomic mass is 35.5. The number of carbonyl (C=O) groups excluding carboxylic acids is 2. The predicted molar refractivity (Wildman–Crippen MR) is 92.5 cm³/mol. The third-order valence-electron chi connectivity index (χ3n) is 3.05. The SMILES string of the molecule is COc1ccc(Cl)cc1NC(=O)[C@@H](C)OC(=O)c1ccc([N+](=O)[O-])s1. The van der Waals surface area contributed by atoms with Gasteiger partial charge >= 0.3 is 11.0 Å². The van der Waals surface area contributed by atoms with Gasteiger partial charge in [0.25, 0.3) is 5.91 Å². The Morgan fingerprint density at radius 2 is 2.04 bits per heavy atom. The Hall–Kier alpha value is -2.65. The van der Waals surface area contributed by atoms with Crippen LogP contribution >= 0.6 is 22.9 Å². The minimum Gasteiger partial charge on any atom is -0.495 e. The summed E-state index contributed by atoms with van der Waals surface area (Å²) >= 11 is 6.56. The van der Waals surface area contributed by atoms with Crippen LogP contribution in [0.4, 0.5) is 10.7 Å². The van der Waals surface area contributed by atoms with Crippen molar-refractivity contribution in [3.8, 4) is 5.75 Å². The molecule has 0 saturated heterocycles. The molecular weight excluding hydrogens is 372 g/mol. The summed E-state index contributed by atoms with van der Waals surface area (Å²) in [5, 5.41) is 13.4. The molecule has 0 aliphatic rings. The number of benzene rings is 1. The van der Waals surface area contributed by atoms with E-state index in [1.54, 1.807) is 12.1 Å². The van der Waals surface area contributed by atoms with Crippen molar-refractivity contribution in [2.45, 2.75) is 13.0 Å². The van der Waals surface area contributed by atoms with Crippen LogP contribution in [-0.4, -0.2) is 30.0 Å². The molecule has 1 atom stereocenters. The smallest absolute Gasteiger partial charge is 0.349 e. The number of nitrogens with zero attached hydrogens (tertiary/aromatic N) is 1. The maximum atomic E-state index is 12.2. The van der Waals surface area contributed by atoms with Gasteiger partial charge in [0.05, 0.1) is 17.7 Å². The van der Waals surface area contributed by atoms with Gasteiger partial charge in [0.2, 0.25) is 0 Å². The summed E-state index contributed by atoms with van der Waals surface area (Å²) in [6.07, 6.45) is -1.13. The number of hydrogen-bond acceptors (Lipinski definition) is 7. The van der Waals surface area contributed by atoms with Gasteiger partial charge in [-0.1, -0.05) is 22.9 Å². The van der Waals surface area contributed by atoms with Crippen molar-refractivity contribution < 1.29 is 24.0 Å². The van der Waals surface area contributed by atoms with E-state index in [2.05, 4.69) is 5.32 Å². The fraction of sp³-hybridized carbons (Fsp3) is 0.200. The van der Waals surface area contributed by atoms with Crippen molar-refractivity contribution in [2.24, 2.45) is 0 Å². The fourth-order valence-corrected chi connectivity index (χ4v) is 2.70. The van der Waals surface area contributed by atoms with E-state index in [1.807, 2.05) is 0 Å². The van der Waals surface area contributed by atoms with Crippen molar-refractivity contribution in [1.82, 2.24) is 0 Å². The lowest BCUT2D eigenvalue weighted by molar-refractivity contribution is -0.380. The summed E-state index contributed by atoms with van der Waals surface area (Å²) in [7, 11) is 1.44. The largest absolute Gasteiger partial charge is 0.495 e. The minimum atomic E-state index is -1.13. The normalized spacial score (nSPS) is 11.5. The molecule has 0 aliphatic heterocycles. The molecule has 0 fully saturated rings. The van der Waals surface area contributed by atoms with Gasteiger partial charge in [-0.2, -0.15) is 0 Å². The Labute approximate surface area is 151 Å². The zero-order valence-electron chi connectivity index (χ0n) is 13.1. The molecule has 1 aromatic carbocycles. The number of nitro groups is 1. The topological polar surface area (TPSA) is 108 Å².